The highest BCUT2D eigenvalue weighted by atomic mass is 19.1. The van der Waals surface area contributed by atoms with Crippen molar-refractivity contribution >= 4 is 5.91 Å². The average Bonchev–Trinajstić information content (AvgIpc) is 2.83. The van der Waals surface area contributed by atoms with Crippen LogP contribution >= 0.6 is 0 Å². The molecule has 1 amide bonds. The number of amides is 1. The maximum Gasteiger partial charge on any atom is 0.254 e. The van der Waals surface area contributed by atoms with E-state index < -0.39 is 11.7 Å². The minimum Gasteiger partial charge on any atom is -0.376 e. The van der Waals surface area contributed by atoms with E-state index in [0.717, 1.165) is 6.42 Å². The van der Waals surface area contributed by atoms with Gasteiger partial charge in [-0.2, -0.15) is 0 Å². The van der Waals surface area contributed by atoms with Crippen LogP contribution < -0.4 is 11.1 Å². The summed E-state index contributed by atoms with van der Waals surface area (Å²) in [5.74, 6) is -0.569. The minimum atomic E-state index is -0.475. The first-order valence-electron chi connectivity index (χ1n) is 6.53. The summed E-state index contributed by atoms with van der Waals surface area (Å²) in [5, 5.41) is 2.79. The van der Waals surface area contributed by atoms with E-state index >= 15 is 0 Å². The molecule has 3 rings (SSSR count). The fraction of sp³-hybridized carbons (Fsp3) is 0.500. The largest absolute Gasteiger partial charge is 0.376 e. The first-order chi connectivity index (χ1) is 9.09. The van der Waals surface area contributed by atoms with Gasteiger partial charge in [-0.15, -0.1) is 0 Å². The fourth-order valence-corrected chi connectivity index (χ4v) is 2.98. The Labute approximate surface area is 111 Å². The second-order valence-corrected chi connectivity index (χ2v) is 5.30. The summed E-state index contributed by atoms with van der Waals surface area (Å²) >= 11 is 0. The Morgan fingerprint density at radius 1 is 1.53 bits per heavy atom. The highest BCUT2D eigenvalue weighted by molar-refractivity contribution is 5.95. The van der Waals surface area contributed by atoms with E-state index in [4.69, 9.17) is 10.5 Å². The van der Waals surface area contributed by atoms with Crippen LogP contribution in [0, 0.1) is 18.7 Å². The maximum atomic E-state index is 13.9. The molecule has 1 saturated heterocycles. The SMILES string of the molecule is Cc1cccc(C(=O)NC2C(N)C3CCOC32)c1F. The van der Waals surface area contributed by atoms with Crippen LogP contribution in [-0.4, -0.2) is 30.7 Å². The maximum absolute atomic E-state index is 13.9. The molecule has 1 aliphatic heterocycles. The van der Waals surface area contributed by atoms with E-state index in [1.165, 1.54) is 6.07 Å². The first-order valence-corrected chi connectivity index (χ1v) is 6.53. The third-order valence-electron chi connectivity index (χ3n) is 4.18. The highest BCUT2D eigenvalue weighted by Crippen LogP contribution is 2.37. The van der Waals surface area contributed by atoms with Crippen LogP contribution in [0.15, 0.2) is 18.2 Å². The van der Waals surface area contributed by atoms with Crippen molar-refractivity contribution in [3.63, 3.8) is 0 Å². The summed E-state index contributed by atoms with van der Waals surface area (Å²) in [4.78, 5) is 12.1. The predicted octanol–water partition coefficient (Wildman–Crippen LogP) is 0.979. The van der Waals surface area contributed by atoms with Crippen LogP contribution in [0.4, 0.5) is 4.39 Å². The summed E-state index contributed by atoms with van der Waals surface area (Å²) in [7, 11) is 0. The molecule has 4 nitrogen and oxygen atoms in total. The van der Waals surface area contributed by atoms with Gasteiger partial charge in [-0.1, -0.05) is 12.1 Å². The van der Waals surface area contributed by atoms with Gasteiger partial charge in [0, 0.05) is 18.6 Å². The molecule has 4 unspecified atom stereocenters. The lowest BCUT2D eigenvalue weighted by Gasteiger charge is -2.45. The molecule has 19 heavy (non-hydrogen) atoms. The molecule has 0 aromatic heterocycles. The van der Waals surface area contributed by atoms with Gasteiger partial charge >= 0.3 is 0 Å². The summed E-state index contributed by atoms with van der Waals surface area (Å²) in [6.07, 6.45) is 0.934. The molecule has 1 aromatic carbocycles. The van der Waals surface area contributed by atoms with Gasteiger partial charge in [0.05, 0.1) is 17.7 Å². The molecule has 102 valence electrons. The molecule has 3 N–H and O–H groups in total. The van der Waals surface area contributed by atoms with E-state index in [0.29, 0.717) is 18.1 Å². The average molecular weight is 264 g/mol. The number of carbonyl (C=O) groups excluding carboxylic acids is 1. The number of nitrogens with one attached hydrogen (secondary N) is 1. The van der Waals surface area contributed by atoms with Gasteiger partial charge in [-0.25, -0.2) is 4.39 Å². The standard InChI is InChI=1S/C14H17FN2O2/c1-7-3-2-4-8(10(7)15)14(18)17-12-11(16)9-5-6-19-13(9)12/h2-4,9,11-13H,5-6,16H2,1H3,(H,17,18). The van der Waals surface area contributed by atoms with Crippen molar-refractivity contribution in [2.75, 3.05) is 6.61 Å². The number of benzene rings is 1. The van der Waals surface area contributed by atoms with Crippen LogP contribution in [-0.2, 0) is 4.74 Å². The molecule has 5 heteroatoms. The smallest absolute Gasteiger partial charge is 0.254 e. The summed E-state index contributed by atoms with van der Waals surface area (Å²) in [5.41, 5.74) is 6.54. The lowest BCUT2D eigenvalue weighted by Crippen LogP contribution is -2.69. The molecular formula is C14H17FN2O2. The Bertz CT molecular complexity index is 520. The Kier molecular flexibility index (Phi) is 3.03. The molecule has 0 spiro atoms. The quantitative estimate of drug-likeness (QED) is 0.837. The van der Waals surface area contributed by atoms with E-state index in [1.807, 2.05) is 0 Å². The molecule has 1 aliphatic carbocycles. The van der Waals surface area contributed by atoms with Crippen molar-refractivity contribution in [2.24, 2.45) is 11.7 Å². The van der Waals surface area contributed by atoms with Crippen molar-refractivity contribution in [2.45, 2.75) is 31.5 Å². The van der Waals surface area contributed by atoms with Crippen LogP contribution in [0.5, 0.6) is 0 Å². The molecular weight excluding hydrogens is 247 g/mol. The lowest BCUT2D eigenvalue weighted by molar-refractivity contribution is -0.0161. The van der Waals surface area contributed by atoms with Crippen molar-refractivity contribution in [1.29, 1.82) is 0 Å². The molecule has 4 atom stereocenters. The van der Waals surface area contributed by atoms with Gasteiger partial charge < -0.3 is 15.8 Å². The van der Waals surface area contributed by atoms with Crippen molar-refractivity contribution < 1.29 is 13.9 Å². The Morgan fingerprint density at radius 3 is 3.11 bits per heavy atom. The van der Waals surface area contributed by atoms with Crippen LogP contribution in [0.2, 0.25) is 0 Å². The van der Waals surface area contributed by atoms with E-state index in [2.05, 4.69) is 5.32 Å². The van der Waals surface area contributed by atoms with E-state index in [1.54, 1.807) is 19.1 Å². The van der Waals surface area contributed by atoms with Gasteiger partial charge in [0.2, 0.25) is 0 Å². The predicted molar refractivity (Wildman–Crippen MR) is 68.2 cm³/mol. The molecule has 0 radical (unpaired) electrons. The van der Waals surface area contributed by atoms with Gasteiger partial charge in [0.1, 0.15) is 5.82 Å². The Balaban J connectivity index is 1.73. The van der Waals surface area contributed by atoms with Gasteiger partial charge in [0.25, 0.3) is 5.91 Å². The third-order valence-corrected chi connectivity index (χ3v) is 4.18. The van der Waals surface area contributed by atoms with Crippen molar-refractivity contribution in [1.82, 2.24) is 5.32 Å². The molecule has 1 saturated carbocycles. The number of nitrogens with two attached hydrogens (primary N) is 1. The van der Waals surface area contributed by atoms with E-state index in [-0.39, 0.29) is 23.8 Å². The number of rotatable bonds is 2. The first kappa shape index (κ1) is 12.6. The monoisotopic (exact) mass is 264 g/mol. The van der Waals surface area contributed by atoms with Crippen LogP contribution in [0.25, 0.3) is 0 Å². The Morgan fingerprint density at radius 2 is 2.32 bits per heavy atom. The molecule has 2 fully saturated rings. The zero-order valence-corrected chi connectivity index (χ0v) is 10.7. The number of hydrogen-bond donors (Lipinski definition) is 2. The normalized spacial score (nSPS) is 32.6. The Hall–Kier alpha value is -1.46. The minimum absolute atomic E-state index is 0.00757. The molecule has 0 bridgehead atoms. The zero-order chi connectivity index (χ0) is 13.6. The fourth-order valence-electron chi connectivity index (χ4n) is 2.98. The summed E-state index contributed by atoms with van der Waals surface area (Å²) in [6.45, 7) is 2.32. The molecule has 2 aliphatic rings. The van der Waals surface area contributed by atoms with Crippen molar-refractivity contribution in [3.05, 3.63) is 35.1 Å². The number of carbonyl (C=O) groups is 1. The second kappa shape index (κ2) is 4.58. The summed E-state index contributed by atoms with van der Waals surface area (Å²) < 4.78 is 19.4. The third kappa shape index (κ3) is 1.93. The van der Waals surface area contributed by atoms with Crippen LogP contribution in [0.1, 0.15) is 22.3 Å². The lowest BCUT2D eigenvalue weighted by atomic mass is 9.72. The highest BCUT2D eigenvalue weighted by Gasteiger charge is 2.52. The number of aryl methyl sites for hydroxylation is 1. The number of fused-ring (bicyclic) bond motifs is 1. The molecule has 1 aromatic rings. The van der Waals surface area contributed by atoms with E-state index in [9.17, 15) is 9.18 Å². The topological polar surface area (TPSA) is 64.4 Å². The molecule has 1 heterocycles. The van der Waals surface area contributed by atoms with Crippen LogP contribution in [0.3, 0.4) is 0 Å². The summed E-state index contributed by atoms with van der Waals surface area (Å²) in [6, 6.07) is 4.49. The number of hydrogen-bond acceptors (Lipinski definition) is 3. The number of halogens is 1. The second-order valence-electron chi connectivity index (χ2n) is 5.30. The number of ether oxygens (including phenoxy) is 1. The van der Waals surface area contributed by atoms with Gasteiger partial charge in [-0.05, 0) is 25.0 Å². The van der Waals surface area contributed by atoms with Gasteiger partial charge in [-0.3, -0.25) is 4.79 Å². The van der Waals surface area contributed by atoms with Gasteiger partial charge in [0.15, 0.2) is 0 Å². The van der Waals surface area contributed by atoms with Crippen molar-refractivity contribution in [3.8, 4) is 0 Å². The zero-order valence-electron chi connectivity index (χ0n) is 10.7.